The molecule has 0 aliphatic rings. The summed E-state index contributed by atoms with van der Waals surface area (Å²) >= 11 is 0. The van der Waals surface area contributed by atoms with E-state index in [2.05, 4.69) is 0 Å². The van der Waals surface area contributed by atoms with Crippen LogP contribution in [0.25, 0.3) is 88.0 Å². The highest BCUT2D eigenvalue weighted by Crippen LogP contribution is 2.49. The van der Waals surface area contributed by atoms with Crippen molar-refractivity contribution in [2.75, 3.05) is 0 Å². The molecule has 0 saturated carbocycles. The molecule has 1 heteroatoms. The summed E-state index contributed by atoms with van der Waals surface area (Å²) in [6, 6.07) is 17.6. The van der Waals surface area contributed by atoms with Crippen LogP contribution in [-0.2, 0) is 0 Å². The monoisotopic (exact) mass is 586 g/mol. The lowest BCUT2D eigenvalue weighted by Crippen LogP contribution is -1.93. The minimum Gasteiger partial charge on any atom is -0.456 e. The van der Waals surface area contributed by atoms with Gasteiger partial charge in [0.05, 0.1) is 19.2 Å². The maximum atomic E-state index is 9.37. The first-order valence-corrected chi connectivity index (χ1v) is 14.3. The average molecular weight is 587 g/mol. The molecule has 0 saturated heterocycles. The highest BCUT2D eigenvalue weighted by atomic mass is 16.3. The Bertz CT molecular complexity index is 3220. The van der Waals surface area contributed by atoms with Crippen LogP contribution in [0.3, 0.4) is 0 Å². The lowest BCUT2D eigenvalue weighted by atomic mass is 9.82. The van der Waals surface area contributed by atoms with Crippen molar-refractivity contribution in [3.63, 3.8) is 0 Å². The number of furan rings is 1. The van der Waals surface area contributed by atoms with Gasteiger partial charge >= 0.3 is 0 Å². The summed E-state index contributed by atoms with van der Waals surface area (Å²) in [4.78, 5) is 0. The first kappa shape index (κ1) is 15.2. The molecule has 210 valence electrons. The van der Waals surface area contributed by atoms with Crippen LogP contribution >= 0.6 is 0 Å². The molecule has 0 atom stereocenters. The molecule has 0 spiro atoms. The van der Waals surface area contributed by atoms with E-state index in [1.165, 1.54) is 0 Å². The zero-order valence-electron chi connectivity index (χ0n) is 37.5. The largest absolute Gasteiger partial charge is 0.456 e. The zero-order valence-corrected chi connectivity index (χ0v) is 23.5. The Kier molecular flexibility index (Phi) is 3.50. The fourth-order valence-electron chi connectivity index (χ4n) is 6.34. The lowest BCUT2D eigenvalue weighted by molar-refractivity contribution is 0.669. The molecular weight excluding hydrogens is 544 g/mol. The fraction of sp³-hybridized carbons (Fsp3) is 0. The molecule has 9 aromatic rings. The minimum absolute atomic E-state index is 0.0200. The van der Waals surface area contributed by atoms with Crippen molar-refractivity contribution in [2.24, 2.45) is 0 Å². The van der Waals surface area contributed by atoms with Crippen LogP contribution in [-0.4, -0.2) is 0 Å². The molecule has 9 rings (SSSR count). The normalized spacial score (nSPS) is 15.9. The molecule has 0 aliphatic heterocycles. The van der Waals surface area contributed by atoms with Gasteiger partial charge in [-0.25, -0.2) is 0 Å². The van der Waals surface area contributed by atoms with Crippen LogP contribution in [0, 0.1) is 0 Å². The molecule has 1 nitrogen and oxygen atoms in total. The molecule has 8 aromatic carbocycles. The quantitative estimate of drug-likeness (QED) is 0.187. The summed E-state index contributed by atoms with van der Waals surface area (Å²) in [6.07, 6.45) is 0. The van der Waals surface area contributed by atoms with Crippen molar-refractivity contribution in [2.45, 2.75) is 0 Å². The van der Waals surface area contributed by atoms with E-state index in [1.807, 2.05) is 48.5 Å². The Balaban J connectivity index is 1.49. The molecule has 0 radical (unpaired) electrons. The molecule has 0 aliphatic carbocycles. The predicted octanol–water partition coefficient (Wildman–Crippen LogP) is 12.6. The smallest absolute Gasteiger partial charge is 0.136 e. The van der Waals surface area contributed by atoms with Gasteiger partial charge in [0.15, 0.2) is 0 Å². The minimum atomic E-state index is -0.653. The number of rotatable bonds is 4. The number of para-hydroxylation sites is 1. The van der Waals surface area contributed by atoms with Gasteiger partial charge in [-0.05, 0) is 84.3 Å². The molecule has 0 fully saturated rings. The van der Waals surface area contributed by atoms with Gasteiger partial charge in [0, 0.05) is 10.8 Å². The van der Waals surface area contributed by atoms with Crippen molar-refractivity contribution in [1.29, 1.82) is 0 Å². The Labute approximate surface area is 281 Å². The van der Waals surface area contributed by atoms with E-state index in [1.54, 1.807) is 36.4 Å². The van der Waals surface area contributed by atoms with E-state index in [-0.39, 0.29) is 34.3 Å². The van der Waals surface area contributed by atoms with E-state index in [0.29, 0.717) is 60.4 Å². The van der Waals surface area contributed by atoms with Crippen molar-refractivity contribution >= 4 is 43.5 Å². The topological polar surface area (TPSA) is 13.1 Å². The molecule has 0 N–H and O–H groups in total. The third-order valence-corrected chi connectivity index (χ3v) is 8.16. The van der Waals surface area contributed by atoms with Crippen molar-refractivity contribution < 1.29 is 23.6 Å². The van der Waals surface area contributed by atoms with Crippen LogP contribution in [0.5, 0.6) is 0 Å². The van der Waals surface area contributed by atoms with Gasteiger partial charge in [0.1, 0.15) is 11.2 Å². The van der Waals surface area contributed by atoms with Crippen molar-refractivity contribution in [1.82, 2.24) is 0 Å². The summed E-state index contributed by atoms with van der Waals surface area (Å²) in [6.45, 7) is 0. The molecule has 1 aromatic heterocycles. The molecule has 0 unspecified atom stereocenters. The van der Waals surface area contributed by atoms with E-state index < -0.39 is 72.5 Å². The van der Waals surface area contributed by atoms with E-state index in [9.17, 15) is 1.37 Å². The van der Waals surface area contributed by atoms with Gasteiger partial charge in [-0.1, -0.05) is 151 Å². The van der Waals surface area contributed by atoms with Gasteiger partial charge in [0.2, 0.25) is 0 Å². The lowest BCUT2D eigenvalue weighted by Gasteiger charge is -2.20. The van der Waals surface area contributed by atoms with Crippen molar-refractivity contribution in [3.05, 3.63) is 170 Å². The number of benzene rings is 8. The molecule has 0 amide bonds. The Morgan fingerprint density at radius 1 is 0.378 bits per heavy atom. The van der Waals surface area contributed by atoms with Crippen LogP contribution in [0.1, 0.15) is 19.2 Å². The van der Waals surface area contributed by atoms with Crippen molar-refractivity contribution in [3.8, 4) is 44.5 Å². The van der Waals surface area contributed by atoms with E-state index in [0.717, 1.165) is 5.39 Å². The van der Waals surface area contributed by atoms with Crippen LogP contribution in [0.2, 0.25) is 0 Å². The summed E-state index contributed by atoms with van der Waals surface area (Å²) in [5.41, 5.74) is 2.14. The van der Waals surface area contributed by atoms with Gasteiger partial charge in [-0.3, -0.25) is 0 Å². The predicted molar refractivity (Wildman–Crippen MR) is 190 cm³/mol. The maximum Gasteiger partial charge on any atom is 0.136 e. The van der Waals surface area contributed by atoms with E-state index in [4.69, 9.17) is 22.2 Å². The molecular formula is C44H28O. The SMILES string of the molecule is [2H]c1c([2H])c([2H])c(-c2cc(-c3c4ccccc4c(-c4c([2H])c([2H])c([2H])c([2H])c4-c4c([2H])c([2H])c([2H])c([2H])c4[2H])c4ccccc34)c3c(c2)oc2ccccc23)c([2H])c1[2H]. The summed E-state index contributed by atoms with van der Waals surface area (Å²) in [5.74, 6) is 0. The standard InChI is InChI=1S/C44H28O/c1-3-15-29(16-4-1)31-27-39(44-38-25-13-14-26-40(38)45-41(44)28-31)43-36-23-11-9-21-34(36)42(35-22-10-12-24-37(35)43)33-20-8-7-19-32(33)30-17-5-2-6-18-30/h1-28H/i1D,2D,3D,4D,5D,6D,7D,8D,15D,16D,17D,18D,19D,20D. The Morgan fingerprint density at radius 3 is 1.49 bits per heavy atom. The van der Waals surface area contributed by atoms with E-state index >= 15 is 0 Å². The number of hydrogen-bond acceptors (Lipinski definition) is 1. The first-order chi connectivity index (χ1) is 28.1. The van der Waals surface area contributed by atoms with Crippen LogP contribution in [0.4, 0.5) is 0 Å². The van der Waals surface area contributed by atoms with Gasteiger partial charge in [-0.2, -0.15) is 0 Å². The Morgan fingerprint density at radius 2 is 0.867 bits per heavy atom. The third-order valence-electron chi connectivity index (χ3n) is 8.16. The summed E-state index contributed by atoms with van der Waals surface area (Å²) < 4.78 is 128. The molecule has 45 heavy (non-hydrogen) atoms. The van der Waals surface area contributed by atoms with Crippen LogP contribution in [0.15, 0.2) is 174 Å². The average Bonchev–Trinajstić information content (AvgIpc) is 3.62. The third kappa shape index (κ3) is 4.09. The van der Waals surface area contributed by atoms with Gasteiger partial charge in [0.25, 0.3) is 0 Å². The second-order valence-corrected chi connectivity index (χ2v) is 10.6. The number of fused-ring (bicyclic) bond motifs is 5. The summed E-state index contributed by atoms with van der Waals surface area (Å²) in [5, 5.41) is 3.66. The maximum absolute atomic E-state index is 9.37. The van der Waals surface area contributed by atoms with Crippen LogP contribution < -0.4 is 0 Å². The second-order valence-electron chi connectivity index (χ2n) is 10.6. The zero-order chi connectivity index (χ0) is 41.9. The Hall–Kier alpha value is -5.92. The second kappa shape index (κ2) is 10.4. The highest BCUT2D eigenvalue weighted by Gasteiger charge is 2.22. The molecule has 0 bridgehead atoms. The van der Waals surface area contributed by atoms with Gasteiger partial charge in [-0.15, -0.1) is 0 Å². The summed E-state index contributed by atoms with van der Waals surface area (Å²) in [7, 11) is 0. The number of hydrogen-bond donors (Lipinski definition) is 0. The fourth-order valence-corrected chi connectivity index (χ4v) is 6.34. The van der Waals surface area contributed by atoms with Gasteiger partial charge < -0.3 is 4.42 Å². The highest BCUT2D eigenvalue weighted by molar-refractivity contribution is 6.26. The first-order valence-electron chi connectivity index (χ1n) is 21.3. The molecule has 1 heterocycles.